The third-order valence-electron chi connectivity index (χ3n) is 3.67. The molecular weight excluding hydrogens is 276 g/mol. The lowest BCUT2D eigenvalue weighted by Gasteiger charge is -2.31. The van der Waals surface area contributed by atoms with Crippen molar-refractivity contribution in [1.29, 1.82) is 0 Å². The van der Waals surface area contributed by atoms with E-state index in [-0.39, 0.29) is 11.5 Å². The number of H-pyrrole nitrogens is 1. The smallest absolute Gasteiger partial charge is 0.280 e. The van der Waals surface area contributed by atoms with Crippen LogP contribution in [0.2, 0.25) is 0 Å². The lowest BCUT2D eigenvalue weighted by molar-refractivity contribution is 0.270. The summed E-state index contributed by atoms with van der Waals surface area (Å²) in [5.74, 6) is 0.354. The minimum atomic E-state index is -3.52. The summed E-state index contributed by atoms with van der Waals surface area (Å²) in [5, 5.41) is 6.93. The van der Waals surface area contributed by atoms with Crippen LogP contribution < -0.4 is 4.72 Å². The molecule has 1 unspecified atom stereocenters. The van der Waals surface area contributed by atoms with Crippen LogP contribution in [0.1, 0.15) is 52.7 Å². The third-order valence-corrected chi connectivity index (χ3v) is 5.30. The molecule has 1 aromatic heterocycles. The van der Waals surface area contributed by atoms with Gasteiger partial charge in [0.2, 0.25) is 0 Å². The van der Waals surface area contributed by atoms with Gasteiger partial charge in [-0.15, -0.1) is 0 Å². The van der Waals surface area contributed by atoms with Gasteiger partial charge in [0.1, 0.15) is 0 Å². The van der Waals surface area contributed by atoms with Crippen molar-refractivity contribution in [3.05, 3.63) is 11.8 Å². The maximum Gasteiger partial charge on any atom is 0.303 e. The summed E-state index contributed by atoms with van der Waals surface area (Å²) < 4.78 is 28.9. The maximum absolute atomic E-state index is 12.4. The maximum atomic E-state index is 12.4. The van der Waals surface area contributed by atoms with Crippen LogP contribution >= 0.6 is 0 Å². The molecule has 0 amide bonds. The molecule has 1 saturated heterocycles. The van der Waals surface area contributed by atoms with Crippen molar-refractivity contribution in [2.24, 2.45) is 0 Å². The fourth-order valence-electron chi connectivity index (χ4n) is 2.38. The zero-order valence-corrected chi connectivity index (χ0v) is 13.4. The Morgan fingerprint density at radius 2 is 2.10 bits per heavy atom. The molecule has 20 heavy (non-hydrogen) atoms. The SMILES string of the molecule is CC1CCCCN1S(=O)(=O)Nc1cc(C(C)(C)C)[nH]n1. The van der Waals surface area contributed by atoms with E-state index in [0.29, 0.717) is 12.4 Å². The summed E-state index contributed by atoms with van der Waals surface area (Å²) in [6.07, 6.45) is 2.91. The fraction of sp³-hybridized carbons (Fsp3) is 0.769. The number of hydrogen-bond donors (Lipinski definition) is 2. The molecule has 1 aliphatic rings. The van der Waals surface area contributed by atoms with Gasteiger partial charge in [0.25, 0.3) is 0 Å². The lowest BCUT2D eigenvalue weighted by Crippen LogP contribution is -2.44. The third kappa shape index (κ3) is 3.32. The molecule has 7 heteroatoms. The Hall–Kier alpha value is -1.08. The van der Waals surface area contributed by atoms with E-state index in [1.807, 2.05) is 27.7 Å². The van der Waals surface area contributed by atoms with Crippen molar-refractivity contribution in [1.82, 2.24) is 14.5 Å². The second-order valence-corrected chi connectivity index (χ2v) is 8.10. The van der Waals surface area contributed by atoms with Gasteiger partial charge in [-0.1, -0.05) is 27.2 Å². The van der Waals surface area contributed by atoms with E-state index < -0.39 is 10.2 Å². The Balaban J connectivity index is 2.14. The zero-order valence-electron chi connectivity index (χ0n) is 12.6. The molecule has 2 heterocycles. The van der Waals surface area contributed by atoms with Gasteiger partial charge in [-0.05, 0) is 19.8 Å². The monoisotopic (exact) mass is 300 g/mol. The Bertz CT molecular complexity index is 559. The molecule has 1 atom stereocenters. The molecule has 0 spiro atoms. The second-order valence-electron chi connectivity index (χ2n) is 6.48. The summed E-state index contributed by atoms with van der Waals surface area (Å²) in [6.45, 7) is 8.67. The molecule has 2 rings (SSSR count). The first kappa shape index (κ1) is 15.3. The van der Waals surface area contributed by atoms with Crippen LogP contribution in [0.5, 0.6) is 0 Å². The summed E-state index contributed by atoms with van der Waals surface area (Å²) in [5.41, 5.74) is 0.816. The molecule has 0 aliphatic carbocycles. The van der Waals surface area contributed by atoms with Crippen molar-refractivity contribution in [3.63, 3.8) is 0 Å². The van der Waals surface area contributed by atoms with Gasteiger partial charge in [0.05, 0.1) is 0 Å². The van der Waals surface area contributed by atoms with Crippen LogP contribution in [0, 0.1) is 0 Å². The largest absolute Gasteiger partial charge is 0.303 e. The fourth-order valence-corrected chi connectivity index (χ4v) is 3.81. The Labute approximate surface area is 121 Å². The van der Waals surface area contributed by atoms with E-state index in [1.54, 1.807) is 6.07 Å². The first-order valence-electron chi connectivity index (χ1n) is 7.05. The van der Waals surface area contributed by atoms with Crippen molar-refractivity contribution >= 4 is 16.0 Å². The van der Waals surface area contributed by atoms with Crippen LogP contribution in [0.3, 0.4) is 0 Å². The summed E-state index contributed by atoms with van der Waals surface area (Å²) in [6, 6.07) is 1.80. The highest BCUT2D eigenvalue weighted by atomic mass is 32.2. The highest BCUT2D eigenvalue weighted by Gasteiger charge is 2.30. The molecule has 2 N–H and O–H groups in total. The standard InChI is InChI=1S/C13H24N4O2S/c1-10-7-5-6-8-17(10)20(18,19)16-12-9-11(14-15-12)13(2,3)4/h9-10H,5-8H2,1-4H3,(H2,14,15,16). The van der Waals surface area contributed by atoms with Crippen LogP contribution in [-0.2, 0) is 15.6 Å². The average Bonchev–Trinajstić information content (AvgIpc) is 2.76. The Morgan fingerprint density at radius 1 is 1.40 bits per heavy atom. The lowest BCUT2D eigenvalue weighted by atomic mass is 9.92. The molecule has 0 saturated carbocycles. The number of aromatic nitrogens is 2. The number of nitrogens with zero attached hydrogens (tertiary/aromatic N) is 2. The van der Waals surface area contributed by atoms with E-state index in [4.69, 9.17) is 0 Å². The van der Waals surface area contributed by atoms with Gasteiger partial charge in [-0.25, -0.2) is 0 Å². The molecule has 1 aromatic rings. The Morgan fingerprint density at radius 3 is 2.65 bits per heavy atom. The number of nitrogens with one attached hydrogen (secondary N) is 2. The van der Waals surface area contributed by atoms with E-state index in [2.05, 4.69) is 14.9 Å². The molecule has 1 aliphatic heterocycles. The van der Waals surface area contributed by atoms with Gasteiger partial charge in [-0.2, -0.15) is 17.8 Å². The highest BCUT2D eigenvalue weighted by Crippen LogP contribution is 2.24. The zero-order chi connectivity index (χ0) is 15.0. The first-order chi connectivity index (χ1) is 9.20. The number of aromatic amines is 1. The normalized spacial score (nSPS) is 21.9. The summed E-state index contributed by atoms with van der Waals surface area (Å²) >= 11 is 0. The van der Waals surface area contributed by atoms with Gasteiger partial charge in [0.15, 0.2) is 5.82 Å². The molecule has 1 fully saturated rings. The van der Waals surface area contributed by atoms with Crippen LogP contribution in [-0.4, -0.2) is 35.5 Å². The topological polar surface area (TPSA) is 78.1 Å². The Kier molecular flexibility index (Phi) is 4.11. The predicted molar refractivity (Wildman–Crippen MR) is 79.8 cm³/mol. The molecule has 0 aromatic carbocycles. The number of rotatable bonds is 3. The minimum Gasteiger partial charge on any atom is -0.280 e. The van der Waals surface area contributed by atoms with E-state index >= 15 is 0 Å². The summed E-state index contributed by atoms with van der Waals surface area (Å²) in [4.78, 5) is 0. The second kappa shape index (κ2) is 5.37. The molecule has 0 bridgehead atoms. The van der Waals surface area contributed by atoms with Gasteiger partial charge in [0, 0.05) is 29.8 Å². The molecule has 6 nitrogen and oxygen atoms in total. The van der Waals surface area contributed by atoms with Crippen molar-refractivity contribution in [2.45, 2.75) is 58.4 Å². The molecule has 114 valence electrons. The van der Waals surface area contributed by atoms with Gasteiger partial charge >= 0.3 is 10.2 Å². The van der Waals surface area contributed by atoms with Crippen molar-refractivity contribution < 1.29 is 8.42 Å². The number of piperidine rings is 1. The molecular formula is C13H24N4O2S. The van der Waals surface area contributed by atoms with E-state index in [0.717, 1.165) is 25.0 Å². The van der Waals surface area contributed by atoms with E-state index in [1.165, 1.54) is 4.31 Å². The van der Waals surface area contributed by atoms with Crippen molar-refractivity contribution in [3.8, 4) is 0 Å². The van der Waals surface area contributed by atoms with E-state index in [9.17, 15) is 8.42 Å². The first-order valence-corrected chi connectivity index (χ1v) is 8.49. The van der Waals surface area contributed by atoms with Gasteiger partial charge < -0.3 is 0 Å². The van der Waals surface area contributed by atoms with Crippen LogP contribution in [0.4, 0.5) is 5.82 Å². The van der Waals surface area contributed by atoms with Gasteiger partial charge in [-0.3, -0.25) is 9.82 Å². The predicted octanol–water partition coefficient (Wildman–Crippen LogP) is 2.24. The van der Waals surface area contributed by atoms with Crippen LogP contribution in [0.25, 0.3) is 0 Å². The van der Waals surface area contributed by atoms with Crippen molar-refractivity contribution in [2.75, 3.05) is 11.3 Å². The highest BCUT2D eigenvalue weighted by molar-refractivity contribution is 7.90. The number of hydrogen-bond acceptors (Lipinski definition) is 3. The van der Waals surface area contributed by atoms with Crippen LogP contribution in [0.15, 0.2) is 6.07 Å². The summed E-state index contributed by atoms with van der Waals surface area (Å²) in [7, 11) is -3.52. The quantitative estimate of drug-likeness (QED) is 0.898. The minimum absolute atomic E-state index is 0.0438. The molecule has 0 radical (unpaired) electrons. The number of anilines is 1. The average molecular weight is 300 g/mol.